The van der Waals surface area contributed by atoms with Crippen molar-refractivity contribution in [1.29, 1.82) is 5.26 Å². The molecule has 1 aliphatic carbocycles. The normalized spacial score (nSPS) is 18.9. The van der Waals surface area contributed by atoms with Crippen LogP contribution in [0, 0.1) is 17.2 Å². The first kappa shape index (κ1) is 19.3. The minimum atomic E-state index is 0.0339. The van der Waals surface area contributed by atoms with Crippen molar-refractivity contribution < 1.29 is 9.53 Å². The fourth-order valence-corrected chi connectivity index (χ4v) is 4.29. The van der Waals surface area contributed by atoms with Crippen LogP contribution >= 0.6 is 0 Å². The van der Waals surface area contributed by atoms with Crippen LogP contribution in [0.2, 0.25) is 0 Å². The van der Waals surface area contributed by atoms with Crippen LogP contribution in [0.3, 0.4) is 0 Å². The number of piperazine rings is 1. The summed E-state index contributed by atoms with van der Waals surface area (Å²) in [6, 6.07) is 12.6. The quantitative estimate of drug-likeness (QED) is 0.796. The third-order valence-electron chi connectivity index (χ3n) is 5.66. The molecule has 1 saturated heterocycles. The van der Waals surface area contributed by atoms with Crippen molar-refractivity contribution in [1.82, 2.24) is 4.98 Å². The average Bonchev–Trinajstić information content (AvgIpc) is 2.74. The molecule has 1 fully saturated rings. The summed E-state index contributed by atoms with van der Waals surface area (Å²) in [4.78, 5) is 22.0. The van der Waals surface area contributed by atoms with Crippen molar-refractivity contribution in [3.05, 3.63) is 47.2 Å². The van der Waals surface area contributed by atoms with Crippen molar-refractivity contribution in [2.24, 2.45) is 5.92 Å². The maximum Gasteiger partial charge on any atom is 0.168 e. The molecule has 0 N–H and O–H groups in total. The molecule has 4 rings (SSSR count). The van der Waals surface area contributed by atoms with Crippen LogP contribution in [0.4, 0.5) is 11.5 Å². The zero-order valence-corrected chi connectivity index (χ0v) is 17.0. The number of nitrogens with zero attached hydrogens (tertiary/aromatic N) is 4. The second-order valence-electron chi connectivity index (χ2n) is 7.75. The first-order valence-electron chi connectivity index (χ1n) is 10.3. The molecule has 2 aliphatic rings. The van der Waals surface area contributed by atoms with Gasteiger partial charge in [-0.05, 0) is 31.4 Å². The lowest BCUT2D eigenvalue weighted by atomic mass is 9.85. The van der Waals surface area contributed by atoms with E-state index in [4.69, 9.17) is 9.72 Å². The zero-order valence-electron chi connectivity index (χ0n) is 17.0. The molecule has 0 bridgehead atoms. The number of benzene rings is 1. The summed E-state index contributed by atoms with van der Waals surface area (Å²) < 4.78 is 5.83. The summed E-state index contributed by atoms with van der Waals surface area (Å²) in [7, 11) is 0. The van der Waals surface area contributed by atoms with Gasteiger partial charge in [0, 0.05) is 38.3 Å². The summed E-state index contributed by atoms with van der Waals surface area (Å²) in [6.45, 7) is 7.60. The van der Waals surface area contributed by atoms with E-state index >= 15 is 0 Å². The molecule has 0 radical (unpaired) electrons. The highest BCUT2D eigenvalue weighted by Crippen LogP contribution is 2.38. The van der Waals surface area contributed by atoms with Crippen molar-refractivity contribution in [2.75, 3.05) is 42.6 Å². The largest absolute Gasteiger partial charge is 0.492 e. The Labute approximate surface area is 171 Å². The molecule has 1 atom stereocenters. The maximum absolute atomic E-state index is 12.7. The Bertz CT molecular complexity index is 944. The minimum absolute atomic E-state index is 0.0339. The number of nitriles is 1. The lowest BCUT2D eigenvalue weighted by Gasteiger charge is -2.37. The summed E-state index contributed by atoms with van der Waals surface area (Å²) in [5.41, 5.74) is 2.90. The molecule has 1 unspecified atom stereocenters. The van der Waals surface area contributed by atoms with E-state index in [-0.39, 0.29) is 11.7 Å². The van der Waals surface area contributed by atoms with Gasteiger partial charge in [-0.15, -0.1) is 0 Å². The summed E-state index contributed by atoms with van der Waals surface area (Å²) >= 11 is 0. The standard InChI is InChI=1S/C23H26N4O2/c1-3-29-22-18(15-24)23(25-19-13-16(2)14-20(28)21(19)22)27-11-9-26(10-12-27)17-7-5-4-6-8-17/h4-8,16H,3,9-14H2,1-2H3. The number of para-hydroxylation sites is 1. The van der Waals surface area contributed by atoms with E-state index in [0.29, 0.717) is 35.7 Å². The minimum Gasteiger partial charge on any atom is -0.492 e. The van der Waals surface area contributed by atoms with E-state index in [2.05, 4.69) is 34.9 Å². The van der Waals surface area contributed by atoms with Crippen LogP contribution < -0.4 is 14.5 Å². The van der Waals surface area contributed by atoms with Crippen LogP contribution in [-0.2, 0) is 6.42 Å². The number of carbonyl (C=O) groups is 1. The van der Waals surface area contributed by atoms with E-state index in [0.717, 1.165) is 38.3 Å². The molecule has 6 nitrogen and oxygen atoms in total. The van der Waals surface area contributed by atoms with Gasteiger partial charge >= 0.3 is 0 Å². The van der Waals surface area contributed by atoms with E-state index in [1.165, 1.54) is 5.69 Å². The van der Waals surface area contributed by atoms with Gasteiger partial charge in [-0.25, -0.2) is 4.98 Å². The highest BCUT2D eigenvalue weighted by atomic mass is 16.5. The number of fused-ring (bicyclic) bond motifs is 1. The topological polar surface area (TPSA) is 69.5 Å². The van der Waals surface area contributed by atoms with Crippen molar-refractivity contribution in [2.45, 2.75) is 26.7 Å². The van der Waals surface area contributed by atoms with Crippen LogP contribution in [-0.4, -0.2) is 43.6 Å². The average molecular weight is 390 g/mol. The molecule has 1 aromatic carbocycles. The van der Waals surface area contributed by atoms with E-state index in [1.807, 2.05) is 25.1 Å². The van der Waals surface area contributed by atoms with Crippen molar-refractivity contribution >= 4 is 17.3 Å². The molecular formula is C23H26N4O2. The Balaban J connectivity index is 1.67. The molecule has 1 aliphatic heterocycles. The number of anilines is 2. The van der Waals surface area contributed by atoms with Gasteiger partial charge in [-0.2, -0.15) is 5.26 Å². The second-order valence-corrected chi connectivity index (χ2v) is 7.75. The van der Waals surface area contributed by atoms with E-state index in [9.17, 15) is 10.1 Å². The van der Waals surface area contributed by atoms with Gasteiger partial charge in [0.05, 0.1) is 17.9 Å². The van der Waals surface area contributed by atoms with Gasteiger partial charge in [0.15, 0.2) is 17.4 Å². The highest BCUT2D eigenvalue weighted by Gasteiger charge is 2.33. The predicted molar refractivity (Wildman–Crippen MR) is 113 cm³/mol. The van der Waals surface area contributed by atoms with Crippen LogP contribution in [0.15, 0.2) is 30.3 Å². The number of ether oxygens (including phenoxy) is 1. The summed E-state index contributed by atoms with van der Waals surface area (Å²) in [6.07, 6.45) is 1.22. The van der Waals surface area contributed by atoms with Gasteiger partial charge in [0.25, 0.3) is 0 Å². The van der Waals surface area contributed by atoms with Crippen LogP contribution in [0.1, 0.15) is 41.9 Å². The number of rotatable bonds is 4. The number of Topliss-reactive ketones (excluding diaryl/α,β-unsaturated/α-hetero) is 1. The molecule has 2 aromatic rings. The number of aromatic nitrogens is 1. The zero-order chi connectivity index (χ0) is 20.4. The molecule has 6 heteroatoms. The smallest absolute Gasteiger partial charge is 0.168 e. The van der Waals surface area contributed by atoms with Crippen LogP contribution in [0.25, 0.3) is 0 Å². The van der Waals surface area contributed by atoms with Gasteiger partial charge in [0.2, 0.25) is 0 Å². The number of carbonyl (C=O) groups excluding carboxylic acids is 1. The van der Waals surface area contributed by atoms with Gasteiger partial charge in [0.1, 0.15) is 11.6 Å². The van der Waals surface area contributed by atoms with E-state index < -0.39 is 0 Å². The Morgan fingerprint density at radius 3 is 2.48 bits per heavy atom. The Morgan fingerprint density at radius 1 is 1.14 bits per heavy atom. The van der Waals surface area contributed by atoms with Gasteiger partial charge in [-0.1, -0.05) is 25.1 Å². The third kappa shape index (κ3) is 3.65. The number of ketones is 1. The molecule has 0 saturated carbocycles. The highest BCUT2D eigenvalue weighted by molar-refractivity contribution is 6.02. The van der Waals surface area contributed by atoms with E-state index in [1.54, 1.807) is 0 Å². The van der Waals surface area contributed by atoms with Crippen molar-refractivity contribution in [3.63, 3.8) is 0 Å². The van der Waals surface area contributed by atoms with Crippen molar-refractivity contribution in [3.8, 4) is 11.8 Å². The van der Waals surface area contributed by atoms with Gasteiger partial charge < -0.3 is 14.5 Å². The lowest BCUT2D eigenvalue weighted by molar-refractivity contribution is 0.0947. The van der Waals surface area contributed by atoms with Crippen LogP contribution in [0.5, 0.6) is 5.75 Å². The first-order chi connectivity index (χ1) is 14.1. The summed E-state index contributed by atoms with van der Waals surface area (Å²) in [5.74, 6) is 1.38. The molecule has 1 aromatic heterocycles. The number of hydrogen-bond acceptors (Lipinski definition) is 6. The predicted octanol–water partition coefficient (Wildman–Crippen LogP) is 3.44. The van der Waals surface area contributed by atoms with Gasteiger partial charge in [-0.3, -0.25) is 4.79 Å². The monoisotopic (exact) mass is 390 g/mol. The molecule has 0 spiro atoms. The maximum atomic E-state index is 12.7. The second kappa shape index (κ2) is 8.12. The molecular weight excluding hydrogens is 364 g/mol. The molecule has 2 heterocycles. The molecule has 0 amide bonds. The molecule has 150 valence electrons. The Morgan fingerprint density at radius 2 is 1.83 bits per heavy atom. The first-order valence-corrected chi connectivity index (χ1v) is 10.3. The Kier molecular flexibility index (Phi) is 5.39. The number of hydrogen-bond donors (Lipinski definition) is 0. The fraction of sp³-hybridized carbons (Fsp3) is 0.435. The fourth-order valence-electron chi connectivity index (χ4n) is 4.29. The SMILES string of the molecule is CCOc1c(C#N)c(N2CCN(c3ccccc3)CC2)nc2c1C(=O)CC(C)C2. The summed E-state index contributed by atoms with van der Waals surface area (Å²) in [5, 5.41) is 9.91. The third-order valence-corrected chi connectivity index (χ3v) is 5.66. The number of pyridine rings is 1. The lowest BCUT2D eigenvalue weighted by Crippen LogP contribution is -2.47. The molecule has 29 heavy (non-hydrogen) atoms. The Hall–Kier alpha value is -3.07.